The van der Waals surface area contributed by atoms with Crippen LogP contribution in [0, 0.1) is 19.3 Å². The number of hydrogen-bond acceptors (Lipinski definition) is 6. The summed E-state index contributed by atoms with van der Waals surface area (Å²) in [5.41, 5.74) is 8.30. The Labute approximate surface area is 161 Å². The van der Waals surface area contributed by atoms with E-state index in [1.165, 1.54) is 6.42 Å². The molecule has 1 aromatic heterocycles. The normalized spacial score (nSPS) is 25.2. The minimum Gasteiger partial charge on any atom is -0.355 e. The van der Waals surface area contributed by atoms with Crippen LogP contribution in [0.15, 0.2) is 0 Å². The molecule has 7 heteroatoms. The molecular weight excluding hydrogens is 340 g/mol. The van der Waals surface area contributed by atoms with E-state index in [-0.39, 0.29) is 17.4 Å². The molecule has 3 aliphatic rings. The molecule has 0 aromatic carbocycles. The number of aryl methyl sites for hydroxylation is 1. The minimum absolute atomic E-state index is 0.0135. The van der Waals surface area contributed by atoms with E-state index in [0.717, 1.165) is 82.0 Å². The van der Waals surface area contributed by atoms with E-state index in [4.69, 9.17) is 10.7 Å². The Morgan fingerprint density at radius 2 is 1.96 bits per heavy atom. The van der Waals surface area contributed by atoms with E-state index in [1.54, 1.807) is 0 Å². The van der Waals surface area contributed by atoms with Gasteiger partial charge in [-0.25, -0.2) is 9.97 Å². The SMILES string of the molecule is Cc1nc(C(=O)N2CCCC3(CCNCC3)C2)nc(N2CC[C@@H](N)C2)c1C. The molecule has 0 unspecified atom stereocenters. The number of rotatable bonds is 2. The maximum absolute atomic E-state index is 13.3. The van der Waals surface area contributed by atoms with Gasteiger partial charge < -0.3 is 20.9 Å². The van der Waals surface area contributed by atoms with Gasteiger partial charge >= 0.3 is 0 Å². The first kappa shape index (κ1) is 18.6. The largest absolute Gasteiger partial charge is 0.355 e. The molecule has 3 saturated heterocycles. The van der Waals surface area contributed by atoms with Gasteiger partial charge in [-0.2, -0.15) is 0 Å². The van der Waals surface area contributed by atoms with E-state index in [9.17, 15) is 4.79 Å². The van der Waals surface area contributed by atoms with Crippen LogP contribution in [0.4, 0.5) is 5.82 Å². The van der Waals surface area contributed by atoms with Crippen LogP contribution in [-0.4, -0.2) is 66.1 Å². The van der Waals surface area contributed by atoms with Crippen LogP contribution in [0.3, 0.4) is 0 Å². The van der Waals surface area contributed by atoms with Crippen molar-refractivity contribution in [1.29, 1.82) is 0 Å². The van der Waals surface area contributed by atoms with E-state index in [1.807, 2.05) is 18.7 Å². The number of carbonyl (C=O) groups excluding carboxylic acids is 1. The fourth-order valence-electron chi connectivity index (χ4n) is 4.88. The molecule has 4 heterocycles. The predicted octanol–water partition coefficient (Wildman–Crippen LogP) is 1.24. The van der Waals surface area contributed by atoms with Crippen molar-refractivity contribution in [2.24, 2.45) is 11.1 Å². The molecule has 3 aliphatic heterocycles. The van der Waals surface area contributed by atoms with Crippen molar-refractivity contribution in [3.63, 3.8) is 0 Å². The van der Waals surface area contributed by atoms with Gasteiger partial charge in [-0.15, -0.1) is 0 Å². The maximum Gasteiger partial charge on any atom is 0.291 e. The number of hydrogen-bond donors (Lipinski definition) is 2. The number of nitrogens with one attached hydrogen (secondary N) is 1. The maximum atomic E-state index is 13.3. The molecule has 0 bridgehead atoms. The molecule has 1 aromatic rings. The van der Waals surface area contributed by atoms with E-state index in [0.29, 0.717) is 5.82 Å². The number of aromatic nitrogens is 2. The van der Waals surface area contributed by atoms with Crippen LogP contribution >= 0.6 is 0 Å². The molecule has 7 nitrogen and oxygen atoms in total. The summed E-state index contributed by atoms with van der Waals surface area (Å²) in [7, 11) is 0. The average molecular weight is 373 g/mol. The summed E-state index contributed by atoms with van der Waals surface area (Å²) in [4.78, 5) is 26.7. The van der Waals surface area contributed by atoms with Crippen LogP contribution in [0.25, 0.3) is 0 Å². The van der Waals surface area contributed by atoms with Crippen molar-refractivity contribution in [1.82, 2.24) is 20.2 Å². The van der Waals surface area contributed by atoms with Crippen molar-refractivity contribution >= 4 is 11.7 Å². The Balaban J connectivity index is 1.57. The topological polar surface area (TPSA) is 87.4 Å². The zero-order chi connectivity index (χ0) is 19.0. The lowest BCUT2D eigenvalue weighted by atomic mass is 9.73. The first-order chi connectivity index (χ1) is 13.0. The number of anilines is 1. The predicted molar refractivity (Wildman–Crippen MR) is 106 cm³/mol. The third-order valence-corrected chi connectivity index (χ3v) is 6.69. The number of piperidine rings is 2. The second-order valence-corrected chi connectivity index (χ2v) is 8.66. The molecule has 0 aliphatic carbocycles. The van der Waals surface area contributed by atoms with Crippen LogP contribution in [0.5, 0.6) is 0 Å². The summed E-state index contributed by atoms with van der Waals surface area (Å²) in [6, 6.07) is 0.181. The highest BCUT2D eigenvalue weighted by Gasteiger charge is 2.39. The molecule has 27 heavy (non-hydrogen) atoms. The van der Waals surface area contributed by atoms with Crippen LogP contribution < -0.4 is 16.0 Å². The number of carbonyl (C=O) groups is 1. The van der Waals surface area contributed by atoms with Gasteiger partial charge in [0.1, 0.15) is 5.82 Å². The number of likely N-dealkylation sites (tertiary alicyclic amines) is 1. The van der Waals surface area contributed by atoms with E-state index >= 15 is 0 Å². The minimum atomic E-state index is -0.0135. The van der Waals surface area contributed by atoms with Gasteiger partial charge in [0.2, 0.25) is 5.82 Å². The number of nitrogens with two attached hydrogens (primary N) is 1. The smallest absolute Gasteiger partial charge is 0.291 e. The first-order valence-corrected chi connectivity index (χ1v) is 10.3. The monoisotopic (exact) mass is 372 g/mol. The summed E-state index contributed by atoms with van der Waals surface area (Å²) in [5, 5.41) is 3.44. The van der Waals surface area contributed by atoms with Crippen molar-refractivity contribution in [3.8, 4) is 0 Å². The summed E-state index contributed by atoms with van der Waals surface area (Å²) < 4.78 is 0. The van der Waals surface area contributed by atoms with Crippen LogP contribution in [-0.2, 0) is 0 Å². The lowest BCUT2D eigenvalue weighted by Gasteiger charge is -2.45. The van der Waals surface area contributed by atoms with Crippen molar-refractivity contribution in [3.05, 3.63) is 17.1 Å². The highest BCUT2D eigenvalue weighted by molar-refractivity contribution is 5.91. The molecule has 3 N–H and O–H groups in total. The van der Waals surface area contributed by atoms with Gasteiger partial charge in [0.15, 0.2) is 0 Å². The zero-order valence-corrected chi connectivity index (χ0v) is 16.6. The molecule has 0 radical (unpaired) electrons. The van der Waals surface area contributed by atoms with Gasteiger partial charge in [0.25, 0.3) is 5.91 Å². The second kappa shape index (κ2) is 7.36. The highest BCUT2D eigenvalue weighted by Crippen LogP contribution is 2.38. The van der Waals surface area contributed by atoms with Crippen LogP contribution in [0.2, 0.25) is 0 Å². The summed E-state index contributed by atoms with van der Waals surface area (Å²) in [5.74, 6) is 1.22. The van der Waals surface area contributed by atoms with Crippen molar-refractivity contribution in [2.75, 3.05) is 44.2 Å². The Morgan fingerprint density at radius 1 is 1.19 bits per heavy atom. The second-order valence-electron chi connectivity index (χ2n) is 8.66. The van der Waals surface area contributed by atoms with E-state index in [2.05, 4.69) is 15.2 Å². The Morgan fingerprint density at radius 3 is 2.67 bits per heavy atom. The first-order valence-electron chi connectivity index (χ1n) is 10.3. The Hall–Kier alpha value is -1.73. The summed E-state index contributed by atoms with van der Waals surface area (Å²) in [6.07, 6.45) is 5.57. The van der Waals surface area contributed by atoms with E-state index < -0.39 is 0 Å². The third-order valence-electron chi connectivity index (χ3n) is 6.69. The van der Waals surface area contributed by atoms with Crippen LogP contribution in [0.1, 0.15) is 54.0 Å². The number of amides is 1. The van der Waals surface area contributed by atoms with Gasteiger partial charge in [-0.1, -0.05) is 0 Å². The molecule has 1 atom stereocenters. The summed E-state index contributed by atoms with van der Waals surface area (Å²) in [6.45, 7) is 9.47. The molecule has 0 saturated carbocycles. The average Bonchev–Trinajstić information content (AvgIpc) is 3.10. The standard InChI is InChI=1S/C20H32N6O/c1-14-15(2)23-17(24-18(14)25-11-4-16(21)12-25)19(27)26-10-3-5-20(13-26)6-8-22-9-7-20/h16,22H,3-13,21H2,1-2H3/t16-/m1/s1. The number of nitrogens with zero attached hydrogens (tertiary/aromatic N) is 4. The fraction of sp³-hybridized carbons (Fsp3) is 0.750. The van der Waals surface area contributed by atoms with Gasteiger partial charge in [-0.3, -0.25) is 4.79 Å². The molecule has 1 spiro atoms. The molecular formula is C20H32N6O. The molecule has 4 rings (SSSR count). The lowest BCUT2D eigenvalue weighted by Crippen LogP contribution is -2.50. The van der Waals surface area contributed by atoms with Crippen molar-refractivity contribution < 1.29 is 4.79 Å². The third kappa shape index (κ3) is 3.67. The van der Waals surface area contributed by atoms with Crippen molar-refractivity contribution in [2.45, 2.75) is 52.0 Å². The van der Waals surface area contributed by atoms with Gasteiger partial charge in [0.05, 0.1) is 0 Å². The van der Waals surface area contributed by atoms with Gasteiger partial charge in [-0.05, 0) is 64.5 Å². The Kier molecular flexibility index (Phi) is 5.07. The van der Waals surface area contributed by atoms with Gasteiger partial charge in [0, 0.05) is 43.5 Å². The fourth-order valence-corrected chi connectivity index (χ4v) is 4.88. The lowest BCUT2D eigenvalue weighted by molar-refractivity contribution is 0.0401. The summed E-state index contributed by atoms with van der Waals surface area (Å²) >= 11 is 0. The highest BCUT2D eigenvalue weighted by atomic mass is 16.2. The zero-order valence-electron chi connectivity index (χ0n) is 16.6. The molecule has 148 valence electrons. The molecule has 3 fully saturated rings. The molecule has 1 amide bonds. The quantitative estimate of drug-likeness (QED) is 0.812. The Bertz CT molecular complexity index is 709.